The van der Waals surface area contributed by atoms with Crippen LogP contribution in [0.15, 0.2) is 48.5 Å². The number of halogens is 1. The first kappa shape index (κ1) is 13.1. The summed E-state index contributed by atoms with van der Waals surface area (Å²) >= 11 is 5.91. The second-order valence-electron chi connectivity index (χ2n) is 5.28. The van der Waals surface area contributed by atoms with Crippen molar-refractivity contribution in [2.45, 2.75) is 6.92 Å². The Hall–Kier alpha value is -2.59. The van der Waals surface area contributed by atoms with E-state index in [1.54, 1.807) is 0 Å². The van der Waals surface area contributed by atoms with E-state index in [0.29, 0.717) is 5.02 Å². The van der Waals surface area contributed by atoms with E-state index in [1.165, 1.54) is 5.56 Å². The fourth-order valence-corrected chi connectivity index (χ4v) is 2.59. The average Bonchev–Trinajstić information content (AvgIpc) is 3.13. The Morgan fingerprint density at radius 2 is 1.82 bits per heavy atom. The standard InChI is InChI=1S/C17H13ClN4/c1-10-2-7-13-15(8-10)20-17(19-13)16-9-14(21-22-16)11-3-5-12(18)6-4-11/h2-9H,1H3,(H,19,20)(H,21,22). The lowest BCUT2D eigenvalue weighted by Crippen LogP contribution is -1.79. The molecule has 0 saturated carbocycles. The summed E-state index contributed by atoms with van der Waals surface area (Å²) in [5, 5.41) is 8.10. The molecular weight excluding hydrogens is 296 g/mol. The monoisotopic (exact) mass is 308 g/mol. The van der Waals surface area contributed by atoms with E-state index in [1.807, 2.05) is 36.4 Å². The molecule has 0 amide bonds. The van der Waals surface area contributed by atoms with Crippen LogP contribution in [-0.2, 0) is 0 Å². The minimum atomic E-state index is 0.715. The van der Waals surface area contributed by atoms with E-state index in [-0.39, 0.29) is 0 Å². The maximum absolute atomic E-state index is 5.91. The Kier molecular flexibility index (Phi) is 2.98. The quantitative estimate of drug-likeness (QED) is 0.569. The molecular formula is C17H13ClN4. The van der Waals surface area contributed by atoms with Crippen LogP contribution >= 0.6 is 11.6 Å². The van der Waals surface area contributed by atoms with Gasteiger partial charge in [-0.15, -0.1) is 0 Å². The zero-order valence-electron chi connectivity index (χ0n) is 11.9. The number of aryl methyl sites for hydroxylation is 1. The predicted molar refractivity (Wildman–Crippen MR) is 88.9 cm³/mol. The smallest absolute Gasteiger partial charge is 0.156 e. The summed E-state index contributed by atoms with van der Waals surface area (Å²) in [6.07, 6.45) is 0. The van der Waals surface area contributed by atoms with Gasteiger partial charge < -0.3 is 4.98 Å². The SMILES string of the molecule is Cc1ccc2nc(-c3cc(-c4ccc(Cl)cc4)n[nH]3)[nH]c2c1. The molecule has 0 aliphatic rings. The number of aromatic nitrogens is 4. The molecule has 5 heteroatoms. The van der Waals surface area contributed by atoms with Crippen molar-refractivity contribution < 1.29 is 0 Å². The number of nitrogens with one attached hydrogen (secondary N) is 2. The summed E-state index contributed by atoms with van der Waals surface area (Å²) in [4.78, 5) is 7.92. The molecule has 108 valence electrons. The van der Waals surface area contributed by atoms with Crippen LogP contribution in [-0.4, -0.2) is 20.2 Å². The second-order valence-corrected chi connectivity index (χ2v) is 5.72. The van der Waals surface area contributed by atoms with Gasteiger partial charge in [-0.1, -0.05) is 29.8 Å². The predicted octanol–water partition coefficient (Wildman–Crippen LogP) is 4.58. The van der Waals surface area contributed by atoms with E-state index in [2.05, 4.69) is 39.2 Å². The lowest BCUT2D eigenvalue weighted by molar-refractivity contribution is 1.09. The Balaban J connectivity index is 1.74. The second kappa shape index (κ2) is 5.00. The molecule has 22 heavy (non-hydrogen) atoms. The first-order chi connectivity index (χ1) is 10.7. The Bertz CT molecular complexity index is 950. The van der Waals surface area contributed by atoms with E-state index < -0.39 is 0 Å². The number of hydrogen-bond acceptors (Lipinski definition) is 2. The number of H-pyrrole nitrogens is 2. The van der Waals surface area contributed by atoms with Crippen LogP contribution in [0.4, 0.5) is 0 Å². The number of hydrogen-bond donors (Lipinski definition) is 2. The summed E-state index contributed by atoms with van der Waals surface area (Å²) in [7, 11) is 0. The molecule has 0 radical (unpaired) electrons. The molecule has 4 nitrogen and oxygen atoms in total. The molecule has 0 aliphatic heterocycles. The van der Waals surface area contributed by atoms with Gasteiger partial charge in [0.05, 0.1) is 16.7 Å². The lowest BCUT2D eigenvalue weighted by atomic mass is 10.1. The minimum Gasteiger partial charge on any atom is -0.337 e. The molecule has 2 N–H and O–H groups in total. The largest absolute Gasteiger partial charge is 0.337 e. The van der Waals surface area contributed by atoms with Crippen LogP contribution in [0.25, 0.3) is 33.8 Å². The van der Waals surface area contributed by atoms with Crippen LogP contribution in [0.3, 0.4) is 0 Å². The number of nitrogens with zero attached hydrogens (tertiary/aromatic N) is 2. The van der Waals surface area contributed by atoms with Gasteiger partial charge in [-0.25, -0.2) is 4.98 Å². The molecule has 0 spiro atoms. The van der Waals surface area contributed by atoms with E-state index in [9.17, 15) is 0 Å². The molecule has 2 heterocycles. The molecule has 0 bridgehead atoms. The van der Waals surface area contributed by atoms with Crippen molar-refractivity contribution in [2.75, 3.05) is 0 Å². The topological polar surface area (TPSA) is 57.4 Å². The molecule has 0 fully saturated rings. The van der Waals surface area contributed by atoms with Crippen molar-refractivity contribution in [3.8, 4) is 22.8 Å². The van der Waals surface area contributed by atoms with Gasteiger partial charge in [-0.05, 0) is 42.8 Å². The van der Waals surface area contributed by atoms with Crippen molar-refractivity contribution >= 4 is 22.6 Å². The Morgan fingerprint density at radius 1 is 1.00 bits per heavy atom. The van der Waals surface area contributed by atoms with E-state index in [4.69, 9.17) is 11.6 Å². The van der Waals surface area contributed by atoms with Crippen LogP contribution in [0.5, 0.6) is 0 Å². The van der Waals surface area contributed by atoms with Crippen LogP contribution in [0.2, 0.25) is 5.02 Å². The molecule has 4 aromatic rings. The summed E-state index contributed by atoms with van der Waals surface area (Å²) in [5.74, 6) is 0.785. The Morgan fingerprint density at radius 3 is 2.64 bits per heavy atom. The van der Waals surface area contributed by atoms with Gasteiger partial charge >= 0.3 is 0 Å². The molecule has 0 aliphatic carbocycles. The van der Waals surface area contributed by atoms with Gasteiger partial charge in [0.25, 0.3) is 0 Å². The van der Waals surface area contributed by atoms with Gasteiger partial charge in [0.2, 0.25) is 0 Å². The number of imidazole rings is 1. The van der Waals surface area contributed by atoms with Crippen molar-refractivity contribution in [2.24, 2.45) is 0 Å². The lowest BCUT2D eigenvalue weighted by Gasteiger charge is -1.94. The highest BCUT2D eigenvalue weighted by atomic mass is 35.5. The van der Waals surface area contributed by atoms with Crippen LogP contribution < -0.4 is 0 Å². The van der Waals surface area contributed by atoms with Crippen LogP contribution in [0.1, 0.15) is 5.56 Å². The highest BCUT2D eigenvalue weighted by molar-refractivity contribution is 6.30. The molecule has 0 unspecified atom stereocenters. The van der Waals surface area contributed by atoms with E-state index in [0.717, 1.165) is 33.8 Å². The molecule has 0 atom stereocenters. The molecule has 0 saturated heterocycles. The number of aromatic amines is 2. The maximum atomic E-state index is 5.91. The van der Waals surface area contributed by atoms with Crippen molar-refractivity contribution in [3.63, 3.8) is 0 Å². The van der Waals surface area contributed by atoms with Crippen molar-refractivity contribution in [1.29, 1.82) is 0 Å². The highest BCUT2D eigenvalue weighted by Crippen LogP contribution is 2.25. The van der Waals surface area contributed by atoms with E-state index >= 15 is 0 Å². The Labute approximate surface area is 132 Å². The molecule has 2 aromatic carbocycles. The summed E-state index contributed by atoms with van der Waals surface area (Å²) < 4.78 is 0. The zero-order valence-corrected chi connectivity index (χ0v) is 12.6. The fourth-order valence-electron chi connectivity index (χ4n) is 2.46. The number of benzene rings is 2. The normalized spacial score (nSPS) is 11.2. The van der Waals surface area contributed by atoms with Crippen LogP contribution in [0, 0.1) is 6.92 Å². The average molecular weight is 309 g/mol. The third kappa shape index (κ3) is 2.27. The van der Waals surface area contributed by atoms with Crippen molar-refractivity contribution in [1.82, 2.24) is 20.2 Å². The fraction of sp³-hybridized carbons (Fsp3) is 0.0588. The highest BCUT2D eigenvalue weighted by Gasteiger charge is 2.10. The maximum Gasteiger partial charge on any atom is 0.156 e. The first-order valence-electron chi connectivity index (χ1n) is 6.97. The third-order valence-electron chi connectivity index (χ3n) is 3.61. The molecule has 2 aromatic heterocycles. The van der Waals surface area contributed by atoms with Gasteiger partial charge in [-0.3, -0.25) is 5.10 Å². The van der Waals surface area contributed by atoms with Crippen molar-refractivity contribution in [3.05, 3.63) is 59.1 Å². The number of fused-ring (bicyclic) bond motifs is 1. The zero-order chi connectivity index (χ0) is 15.1. The van der Waals surface area contributed by atoms with Gasteiger partial charge in [-0.2, -0.15) is 5.10 Å². The summed E-state index contributed by atoms with van der Waals surface area (Å²) in [6, 6.07) is 15.7. The third-order valence-corrected chi connectivity index (χ3v) is 3.86. The summed E-state index contributed by atoms with van der Waals surface area (Å²) in [5.41, 5.74) is 5.91. The van der Waals surface area contributed by atoms with Gasteiger partial charge in [0.1, 0.15) is 5.69 Å². The molecule has 4 rings (SSSR count). The number of rotatable bonds is 2. The van der Waals surface area contributed by atoms with Gasteiger partial charge in [0.15, 0.2) is 5.82 Å². The summed E-state index contributed by atoms with van der Waals surface area (Å²) in [6.45, 7) is 2.06. The first-order valence-corrected chi connectivity index (χ1v) is 7.35. The minimum absolute atomic E-state index is 0.715. The van der Waals surface area contributed by atoms with Gasteiger partial charge in [0, 0.05) is 10.6 Å².